The Morgan fingerprint density at radius 2 is 2.00 bits per heavy atom. The lowest BCUT2D eigenvalue weighted by Gasteiger charge is -2.12. The van der Waals surface area contributed by atoms with Crippen LogP contribution in [-0.4, -0.2) is 30.3 Å². The lowest BCUT2D eigenvalue weighted by molar-refractivity contribution is 0.0690. The van der Waals surface area contributed by atoms with E-state index in [-0.39, 0.29) is 5.69 Å². The van der Waals surface area contributed by atoms with Crippen LogP contribution in [0.4, 0.5) is 11.5 Å². The van der Waals surface area contributed by atoms with Crippen molar-refractivity contribution < 1.29 is 19.4 Å². The molecule has 0 unspecified atom stereocenters. The molecule has 6 heteroatoms. The van der Waals surface area contributed by atoms with Crippen LogP contribution < -0.4 is 14.8 Å². The fourth-order valence-electron chi connectivity index (χ4n) is 1.67. The number of aromatic carboxylic acids is 1. The third-order valence-corrected chi connectivity index (χ3v) is 2.64. The van der Waals surface area contributed by atoms with Crippen LogP contribution >= 0.6 is 0 Å². The van der Waals surface area contributed by atoms with Crippen LogP contribution in [0.2, 0.25) is 0 Å². The molecule has 2 aromatic rings. The van der Waals surface area contributed by atoms with E-state index in [2.05, 4.69) is 10.3 Å². The van der Waals surface area contributed by atoms with Gasteiger partial charge in [0.2, 0.25) is 0 Å². The highest BCUT2D eigenvalue weighted by molar-refractivity contribution is 5.86. The molecule has 1 aromatic heterocycles. The molecule has 0 aliphatic carbocycles. The van der Waals surface area contributed by atoms with E-state index in [1.165, 1.54) is 6.07 Å². The van der Waals surface area contributed by atoms with E-state index < -0.39 is 5.97 Å². The predicted molar refractivity (Wildman–Crippen MR) is 74.0 cm³/mol. The maximum atomic E-state index is 10.9. The number of carboxylic acids is 1. The van der Waals surface area contributed by atoms with E-state index in [9.17, 15) is 4.79 Å². The van der Waals surface area contributed by atoms with Gasteiger partial charge in [0, 0.05) is 6.07 Å². The highest BCUT2D eigenvalue weighted by Gasteiger charge is 2.08. The van der Waals surface area contributed by atoms with Gasteiger partial charge >= 0.3 is 5.97 Å². The van der Waals surface area contributed by atoms with Gasteiger partial charge in [-0.15, -0.1) is 0 Å². The molecule has 0 bridgehead atoms. The molecule has 0 saturated carbocycles. The van der Waals surface area contributed by atoms with Crippen molar-refractivity contribution in [2.75, 3.05) is 19.5 Å². The number of pyridine rings is 1. The summed E-state index contributed by atoms with van der Waals surface area (Å²) >= 11 is 0. The van der Waals surface area contributed by atoms with Crippen molar-refractivity contribution in [3.63, 3.8) is 0 Å². The lowest BCUT2D eigenvalue weighted by Crippen LogP contribution is -2.03. The summed E-state index contributed by atoms with van der Waals surface area (Å²) in [7, 11) is 3.11. The van der Waals surface area contributed by atoms with Crippen molar-refractivity contribution in [3.05, 3.63) is 42.1 Å². The molecule has 0 aliphatic heterocycles. The van der Waals surface area contributed by atoms with Gasteiger partial charge in [-0.3, -0.25) is 0 Å². The second-order valence-electron chi connectivity index (χ2n) is 3.90. The Bertz CT molecular complexity index is 628. The number of hydrogen-bond acceptors (Lipinski definition) is 5. The zero-order valence-electron chi connectivity index (χ0n) is 11.1. The van der Waals surface area contributed by atoms with Gasteiger partial charge < -0.3 is 19.9 Å². The van der Waals surface area contributed by atoms with Crippen LogP contribution in [0, 0.1) is 0 Å². The largest absolute Gasteiger partial charge is 0.497 e. The molecule has 0 amide bonds. The number of rotatable bonds is 5. The van der Waals surface area contributed by atoms with Crippen molar-refractivity contribution in [2.45, 2.75) is 0 Å². The van der Waals surface area contributed by atoms with Gasteiger partial charge in [0.05, 0.1) is 19.9 Å². The summed E-state index contributed by atoms with van der Waals surface area (Å²) in [6.45, 7) is 0. The molecule has 0 fully saturated rings. The molecular weight excluding hydrogens is 260 g/mol. The third-order valence-electron chi connectivity index (χ3n) is 2.64. The van der Waals surface area contributed by atoms with Crippen molar-refractivity contribution >= 4 is 17.5 Å². The van der Waals surface area contributed by atoms with Gasteiger partial charge in [0.25, 0.3) is 0 Å². The van der Waals surface area contributed by atoms with Gasteiger partial charge in [0.1, 0.15) is 17.3 Å². The first-order valence-electron chi connectivity index (χ1n) is 5.83. The minimum absolute atomic E-state index is 0.0307. The minimum Gasteiger partial charge on any atom is -0.497 e. The van der Waals surface area contributed by atoms with Gasteiger partial charge in [-0.2, -0.15) is 0 Å². The first kappa shape index (κ1) is 13.7. The van der Waals surface area contributed by atoms with Crippen LogP contribution in [0.1, 0.15) is 10.5 Å². The fraction of sp³-hybridized carbons (Fsp3) is 0.143. The SMILES string of the molecule is COc1ccc(OC)c(Nc2cccc(C(=O)O)n2)c1. The van der Waals surface area contributed by atoms with Gasteiger partial charge in [-0.05, 0) is 24.3 Å². The van der Waals surface area contributed by atoms with Crippen molar-refractivity contribution in [1.29, 1.82) is 0 Å². The Morgan fingerprint density at radius 3 is 2.65 bits per heavy atom. The summed E-state index contributed by atoms with van der Waals surface area (Å²) < 4.78 is 10.4. The molecule has 0 radical (unpaired) electrons. The second-order valence-corrected chi connectivity index (χ2v) is 3.90. The molecule has 0 aliphatic rings. The molecule has 104 valence electrons. The second kappa shape index (κ2) is 5.92. The number of hydrogen-bond donors (Lipinski definition) is 2. The monoisotopic (exact) mass is 274 g/mol. The molecule has 0 saturated heterocycles. The first-order valence-corrected chi connectivity index (χ1v) is 5.83. The Hall–Kier alpha value is -2.76. The summed E-state index contributed by atoms with van der Waals surface area (Å²) in [4.78, 5) is 14.9. The maximum absolute atomic E-state index is 10.9. The number of carboxylic acid groups (broad SMARTS) is 1. The van der Waals surface area contributed by atoms with Crippen LogP contribution in [-0.2, 0) is 0 Å². The Kier molecular flexibility index (Phi) is 4.05. The Balaban J connectivity index is 2.33. The van der Waals surface area contributed by atoms with Gasteiger partial charge in [0.15, 0.2) is 5.69 Å². The average Bonchev–Trinajstić information content (AvgIpc) is 2.47. The average molecular weight is 274 g/mol. The van der Waals surface area contributed by atoms with Crippen molar-refractivity contribution in [2.24, 2.45) is 0 Å². The third kappa shape index (κ3) is 2.97. The van der Waals surface area contributed by atoms with Crippen molar-refractivity contribution in [1.82, 2.24) is 4.98 Å². The Labute approximate surface area is 116 Å². The van der Waals surface area contributed by atoms with Crippen LogP contribution in [0.25, 0.3) is 0 Å². The highest BCUT2D eigenvalue weighted by Crippen LogP contribution is 2.30. The van der Waals surface area contributed by atoms with E-state index >= 15 is 0 Å². The number of ether oxygens (including phenoxy) is 2. The molecule has 20 heavy (non-hydrogen) atoms. The summed E-state index contributed by atoms with van der Waals surface area (Å²) in [6.07, 6.45) is 0. The Morgan fingerprint density at radius 1 is 1.20 bits per heavy atom. The molecule has 0 atom stereocenters. The number of nitrogens with one attached hydrogen (secondary N) is 1. The quantitative estimate of drug-likeness (QED) is 0.872. The molecule has 6 nitrogen and oxygen atoms in total. The zero-order valence-corrected chi connectivity index (χ0v) is 11.1. The molecular formula is C14H14N2O4. The predicted octanol–water partition coefficient (Wildman–Crippen LogP) is 2.54. The first-order chi connectivity index (χ1) is 9.63. The number of methoxy groups -OCH3 is 2. The van der Waals surface area contributed by atoms with Crippen LogP contribution in [0.5, 0.6) is 11.5 Å². The van der Waals surface area contributed by atoms with E-state index in [4.69, 9.17) is 14.6 Å². The molecule has 1 heterocycles. The molecule has 0 spiro atoms. The standard InChI is InChI=1S/C14H14N2O4/c1-19-9-6-7-12(20-2)11(8-9)16-13-5-3-4-10(15-13)14(17)18/h3-8H,1-2H3,(H,15,16)(H,17,18). The number of anilines is 2. The van der Waals surface area contributed by atoms with Gasteiger partial charge in [-0.1, -0.05) is 6.07 Å². The van der Waals surface area contributed by atoms with Crippen molar-refractivity contribution in [3.8, 4) is 11.5 Å². The molecule has 2 N–H and O–H groups in total. The fourth-order valence-corrected chi connectivity index (χ4v) is 1.67. The normalized spacial score (nSPS) is 9.90. The summed E-state index contributed by atoms with van der Waals surface area (Å²) in [5.41, 5.74) is 0.610. The van der Waals surface area contributed by atoms with Crippen LogP contribution in [0.3, 0.4) is 0 Å². The summed E-state index contributed by atoms with van der Waals surface area (Å²) in [5.74, 6) is 0.596. The topological polar surface area (TPSA) is 80.7 Å². The molecule has 1 aromatic carbocycles. The number of aromatic nitrogens is 1. The minimum atomic E-state index is -1.08. The van der Waals surface area contributed by atoms with E-state index in [1.54, 1.807) is 44.6 Å². The number of carbonyl (C=O) groups is 1. The lowest BCUT2D eigenvalue weighted by atomic mass is 10.2. The van der Waals surface area contributed by atoms with Crippen LogP contribution in [0.15, 0.2) is 36.4 Å². The number of benzene rings is 1. The number of nitrogens with zero attached hydrogens (tertiary/aromatic N) is 1. The summed E-state index contributed by atoms with van der Waals surface area (Å²) in [6, 6.07) is 9.98. The smallest absolute Gasteiger partial charge is 0.354 e. The highest BCUT2D eigenvalue weighted by atomic mass is 16.5. The zero-order chi connectivity index (χ0) is 14.5. The van der Waals surface area contributed by atoms with Gasteiger partial charge in [-0.25, -0.2) is 9.78 Å². The van der Waals surface area contributed by atoms with E-state index in [0.29, 0.717) is 23.0 Å². The molecule has 2 rings (SSSR count). The van der Waals surface area contributed by atoms with E-state index in [1.807, 2.05) is 0 Å². The summed E-state index contributed by atoms with van der Waals surface area (Å²) in [5, 5.41) is 11.9. The van der Waals surface area contributed by atoms with E-state index in [0.717, 1.165) is 0 Å². The maximum Gasteiger partial charge on any atom is 0.354 e.